The maximum absolute atomic E-state index is 14.0. The van der Waals surface area contributed by atoms with E-state index >= 15 is 0 Å². The molecule has 0 saturated heterocycles. The Balaban J connectivity index is 1.98. The Morgan fingerprint density at radius 2 is 1.84 bits per heavy atom. The number of hydrogen-bond acceptors (Lipinski definition) is 0. The highest BCUT2D eigenvalue weighted by Crippen LogP contribution is 2.52. The Bertz CT molecular complexity index is 726. The second-order valence-electron chi connectivity index (χ2n) is 8.46. The molecule has 0 nitrogen and oxygen atoms in total. The van der Waals surface area contributed by atoms with Crippen molar-refractivity contribution in [2.45, 2.75) is 59.8 Å². The molecule has 0 radical (unpaired) electrons. The molecule has 136 valence electrons. The van der Waals surface area contributed by atoms with E-state index in [1.165, 1.54) is 36.5 Å². The van der Waals surface area contributed by atoms with Crippen molar-refractivity contribution in [3.8, 4) is 0 Å². The molecule has 2 fully saturated rings. The zero-order chi connectivity index (χ0) is 18.0. The maximum atomic E-state index is 14.0. The molecule has 0 N–H and O–H groups in total. The van der Waals surface area contributed by atoms with Gasteiger partial charge in [-0.1, -0.05) is 45.1 Å². The van der Waals surface area contributed by atoms with E-state index in [0.29, 0.717) is 5.92 Å². The number of hydrogen-bond donors (Lipinski definition) is 0. The number of benzene rings is 1. The summed E-state index contributed by atoms with van der Waals surface area (Å²) in [6.45, 7) is 8.97. The SMILES string of the molecule is C\C=C/C(=c1/cc(F)cc/c1=C\CC)C1C[C@@H]2CC(C(C)C)C[C@@H]2C1. The molecule has 0 aliphatic heterocycles. The van der Waals surface area contributed by atoms with Gasteiger partial charge in [0.1, 0.15) is 5.82 Å². The molecule has 1 aromatic rings. The van der Waals surface area contributed by atoms with E-state index in [0.717, 1.165) is 35.3 Å². The summed E-state index contributed by atoms with van der Waals surface area (Å²) in [4.78, 5) is 0. The Labute approximate surface area is 152 Å². The fraction of sp³-hybridized carbons (Fsp3) is 0.583. The van der Waals surface area contributed by atoms with Crippen LogP contribution in [0.1, 0.15) is 59.8 Å². The molecule has 1 aromatic carbocycles. The van der Waals surface area contributed by atoms with E-state index in [-0.39, 0.29) is 5.82 Å². The molecular weight excluding hydrogens is 307 g/mol. The molecule has 25 heavy (non-hydrogen) atoms. The van der Waals surface area contributed by atoms with Gasteiger partial charge in [-0.2, -0.15) is 0 Å². The van der Waals surface area contributed by atoms with Gasteiger partial charge < -0.3 is 0 Å². The van der Waals surface area contributed by atoms with Gasteiger partial charge in [-0.15, -0.1) is 0 Å². The largest absolute Gasteiger partial charge is 0.207 e. The lowest BCUT2D eigenvalue weighted by Gasteiger charge is -2.18. The third kappa shape index (κ3) is 3.91. The summed E-state index contributed by atoms with van der Waals surface area (Å²) < 4.78 is 14.0. The minimum absolute atomic E-state index is 0.122. The predicted octanol–water partition coefficient (Wildman–Crippen LogP) is 5.45. The topological polar surface area (TPSA) is 0 Å². The van der Waals surface area contributed by atoms with Crippen molar-refractivity contribution in [2.75, 3.05) is 0 Å². The molecule has 2 unspecified atom stereocenters. The Morgan fingerprint density at radius 1 is 1.16 bits per heavy atom. The fourth-order valence-electron chi connectivity index (χ4n) is 5.26. The highest BCUT2D eigenvalue weighted by molar-refractivity contribution is 5.60. The molecule has 0 bridgehead atoms. The van der Waals surface area contributed by atoms with Crippen molar-refractivity contribution in [3.63, 3.8) is 0 Å². The third-order valence-electron chi connectivity index (χ3n) is 6.53. The lowest BCUT2D eigenvalue weighted by Crippen LogP contribution is -2.29. The molecule has 2 aliphatic rings. The monoisotopic (exact) mass is 340 g/mol. The molecule has 0 heterocycles. The van der Waals surface area contributed by atoms with Gasteiger partial charge in [-0.25, -0.2) is 4.39 Å². The molecule has 3 rings (SSSR count). The average Bonchev–Trinajstić information content (AvgIpc) is 3.13. The number of halogens is 1. The van der Waals surface area contributed by atoms with Gasteiger partial charge in [-0.3, -0.25) is 0 Å². The van der Waals surface area contributed by atoms with Gasteiger partial charge in [0.25, 0.3) is 0 Å². The molecule has 2 aliphatic carbocycles. The first-order chi connectivity index (χ1) is 12.0. The van der Waals surface area contributed by atoms with Crippen LogP contribution in [0.4, 0.5) is 4.39 Å². The zero-order valence-electron chi connectivity index (χ0n) is 16.3. The number of fused-ring (bicyclic) bond motifs is 1. The highest BCUT2D eigenvalue weighted by Gasteiger charge is 2.42. The first-order valence-electron chi connectivity index (χ1n) is 10.2. The van der Waals surface area contributed by atoms with Crippen molar-refractivity contribution in [1.82, 2.24) is 0 Å². The summed E-state index contributed by atoms with van der Waals surface area (Å²) in [6, 6.07) is 5.29. The van der Waals surface area contributed by atoms with E-state index in [4.69, 9.17) is 0 Å². The van der Waals surface area contributed by atoms with Crippen LogP contribution in [-0.4, -0.2) is 0 Å². The van der Waals surface area contributed by atoms with Crippen LogP contribution in [0.5, 0.6) is 0 Å². The van der Waals surface area contributed by atoms with Crippen LogP contribution >= 0.6 is 0 Å². The highest BCUT2D eigenvalue weighted by atomic mass is 19.1. The van der Waals surface area contributed by atoms with Crippen molar-refractivity contribution in [1.29, 1.82) is 0 Å². The average molecular weight is 341 g/mol. The van der Waals surface area contributed by atoms with Gasteiger partial charge in [0.15, 0.2) is 0 Å². The molecule has 0 spiro atoms. The lowest BCUT2D eigenvalue weighted by atomic mass is 9.87. The van der Waals surface area contributed by atoms with Crippen molar-refractivity contribution >= 4 is 11.6 Å². The second kappa shape index (κ2) is 7.89. The van der Waals surface area contributed by atoms with E-state index in [1.54, 1.807) is 12.1 Å². The quantitative estimate of drug-likeness (QED) is 0.683. The molecule has 0 aromatic heterocycles. The normalized spacial score (nSPS) is 31.2. The molecule has 2 saturated carbocycles. The summed E-state index contributed by atoms with van der Waals surface area (Å²) in [6.07, 6.45) is 13.0. The fourth-order valence-corrected chi connectivity index (χ4v) is 5.26. The van der Waals surface area contributed by atoms with Gasteiger partial charge in [-0.05, 0) is 96.8 Å². The lowest BCUT2D eigenvalue weighted by molar-refractivity contribution is 0.359. The first kappa shape index (κ1) is 18.4. The maximum Gasteiger partial charge on any atom is 0.123 e. The van der Waals surface area contributed by atoms with Crippen LogP contribution < -0.4 is 10.4 Å². The van der Waals surface area contributed by atoms with Crippen LogP contribution in [0.3, 0.4) is 0 Å². The van der Waals surface area contributed by atoms with Gasteiger partial charge in [0, 0.05) is 0 Å². The van der Waals surface area contributed by atoms with Crippen LogP contribution in [0, 0.1) is 35.4 Å². The minimum atomic E-state index is -0.122. The third-order valence-corrected chi connectivity index (χ3v) is 6.53. The standard InChI is InChI=1S/C24H33F/c1-5-7-17-9-10-22(25)15-24(17)23(8-6-2)21-13-19-11-18(16(3)4)12-20(19)14-21/h6-10,15-16,18-21H,5,11-14H2,1-4H3/b8-6-,17-7+,24-23+/t18?,19-,20+,21?. The Kier molecular flexibility index (Phi) is 5.81. The Hall–Kier alpha value is -1.37. The van der Waals surface area contributed by atoms with Crippen molar-refractivity contribution in [3.05, 3.63) is 46.6 Å². The molecule has 1 heteroatoms. The van der Waals surface area contributed by atoms with Crippen molar-refractivity contribution < 1.29 is 4.39 Å². The van der Waals surface area contributed by atoms with E-state index in [2.05, 4.69) is 45.9 Å². The van der Waals surface area contributed by atoms with E-state index in [9.17, 15) is 4.39 Å². The summed E-state index contributed by atoms with van der Waals surface area (Å²) in [5.74, 6) is 3.96. The minimum Gasteiger partial charge on any atom is -0.207 e. The molecular formula is C24H33F. The van der Waals surface area contributed by atoms with Gasteiger partial charge in [0.2, 0.25) is 0 Å². The van der Waals surface area contributed by atoms with Crippen LogP contribution in [-0.2, 0) is 0 Å². The van der Waals surface area contributed by atoms with Crippen LogP contribution in [0.2, 0.25) is 0 Å². The summed E-state index contributed by atoms with van der Waals surface area (Å²) >= 11 is 0. The van der Waals surface area contributed by atoms with E-state index < -0.39 is 0 Å². The van der Waals surface area contributed by atoms with Crippen molar-refractivity contribution in [2.24, 2.45) is 29.6 Å². The molecule has 4 atom stereocenters. The first-order valence-corrected chi connectivity index (χ1v) is 10.2. The van der Waals surface area contributed by atoms with Gasteiger partial charge in [0.05, 0.1) is 0 Å². The van der Waals surface area contributed by atoms with Crippen LogP contribution in [0.15, 0.2) is 30.4 Å². The zero-order valence-corrected chi connectivity index (χ0v) is 16.3. The number of allylic oxidation sites excluding steroid dienone is 2. The number of rotatable bonds is 4. The summed E-state index contributed by atoms with van der Waals surface area (Å²) in [5, 5.41) is 2.31. The molecule has 0 amide bonds. The summed E-state index contributed by atoms with van der Waals surface area (Å²) in [5.41, 5.74) is 1.36. The summed E-state index contributed by atoms with van der Waals surface area (Å²) in [7, 11) is 0. The predicted molar refractivity (Wildman–Crippen MR) is 106 cm³/mol. The van der Waals surface area contributed by atoms with E-state index in [1.807, 2.05) is 6.07 Å². The second-order valence-corrected chi connectivity index (χ2v) is 8.46. The van der Waals surface area contributed by atoms with Gasteiger partial charge >= 0.3 is 0 Å². The van der Waals surface area contributed by atoms with Crippen LogP contribution in [0.25, 0.3) is 11.6 Å². The Morgan fingerprint density at radius 3 is 2.40 bits per heavy atom. The smallest absolute Gasteiger partial charge is 0.123 e.